The normalized spacial score (nSPS) is 8.00. The van der Waals surface area contributed by atoms with Crippen LogP contribution in [0, 0.1) is 24.7 Å². The summed E-state index contributed by atoms with van der Waals surface area (Å²) in [5.74, 6) is 4.62. The smallest absolute Gasteiger partial charge is 0.360 e. The molecule has 2 rings (SSSR count). The number of rotatable bonds is 0. The zero-order valence-electron chi connectivity index (χ0n) is 10.8. The van der Waals surface area contributed by atoms with Crippen LogP contribution in [-0.2, 0) is 34.5 Å². The minimum absolute atomic E-state index is 0. The molecule has 0 aliphatic heterocycles. The molecule has 2 aromatic rings. The molecule has 2 aromatic heterocycles. The Balaban J connectivity index is 0.000000324. The van der Waals surface area contributed by atoms with Gasteiger partial charge < -0.3 is 12.8 Å². The van der Waals surface area contributed by atoms with Crippen molar-refractivity contribution in [3.63, 3.8) is 0 Å². The van der Waals surface area contributed by atoms with E-state index in [1.807, 2.05) is 72.0 Å². The van der Waals surface area contributed by atoms with Gasteiger partial charge in [0.1, 0.15) is 25.5 Å². The van der Waals surface area contributed by atoms with Gasteiger partial charge in [-0.25, -0.2) is 11.8 Å². The molecule has 0 amide bonds. The van der Waals surface area contributed by atoms with Crippen LogP contribution in [0.5, 0.6) is 0 Å². The van der Waals surface area contributed by atoms with E-state index in [1.54, 1.807) is 0 Å². The molecule has 0 saturated carbocycles. The second-order valence-corrected chi connectivity index (χ2v) is 3.64. The first-order chi connectivity index (χ1) is 8.69. The molecule has 0 radical (unpaired) electrons. The number of hydrogen-bond acceptors (Lipinski definition) is 0. The summed E-state index contributed by atoms with van der Waals surface area (Å²) in [6, 6.07) is 11.3. The van der Waals surface area contributed by atoms with Crippen molar-refractivity contribution in [1.29, 1.82) is 0 Å². The van der Waals surface area contributed by atoms with Gasteiger partial charge in [0.2, 0.25) is 0 Å². The molecule has 2 heterocycles. The number of nitrogens with zero attached hydrogens (tertiary/aromatic N) is 2. The van der Waals surface area contributed by atoms with E-state index < -0.39 is 0 Å². The quantitative estimate of drug-likeness (QED) is 0.291. The van der Waals surface area contributed by atoms with Crippen LogP contribution in [0.4, 0.5) is 0 Å². The minimum atomic E-state index is 0. The molecular weight excluding hydrogens is 327 g/mol. The minimum Gasteiger partial charge on any atom is -0.360 e. The third kappa shape index (κ3) is 5.50. The molecular formula is C16H14N2Pd+2. The zero-order chi connectivity index (χ0) is 13.4. The van der Waals surface area contributed by atoms with Crippen LogP contribution in [-0.4, -0.2) is 0 Å². The van der Waals surface area contributed by atoms with E-state index >= 15 is 0 Å². The number of aromatic nitrogens is 2. The van der Waals surface area contributed by atoms with E-state index in [1.165, 1.54) is 0 Å². The second-order valence-electron chi connectivity index (χ2n) is 3.64. The fraction of sp³-hybridized carbons (Fsp3) is 0.125. The molecule has 0 spiro atoms. The summed E-state index contributed by atoms with van der Waals surface area (Å²) in [5.41, 5.74) is 1.58. The van der Waals surface area contributed by atoms with Crippen molar-refractivity contribution in [2.75, 3.05) is 0 Å². The first kappa shape index (κ1) is 17.1. The van der Waals surface area contributed by atoms with Gasteiger partial charge in [-0.1, -0.05) is 24.3 Å². The topological polar surface area (TPSA) is 7.76 Å². The molecule has 96 valence electrons. The summed E-state index contributed by atoms with van der Waals surface area (Å²) in [6.45, 7) is 0. The molecule has 3 heteroatoms. The van der Waals surface area contributed by atoms with E-state index in [0.29, 0.717) is 0 Å². The van der Waals surface area contributed by atoms with Crippen molar-refractivity contribution < 1.29 is 29.6 Å². The van der Waals surface area contributed by atoms with Crippen LogP contribution < -0.4 is 9.13 Å². The van der Waals surface area contributed by atoms with Crippen molar-refractivity contribution in [2.45, 2.75) is 0 Å². The third-order valence-electron chi connectivity index (χ3n) is 2.37. The number of pyridine rings is 2. The van der Waals surface area contributed by atoms with Crippen molar-refractivity contribution in [1.82, 2.24) is 0 Å². The molecule has 0 fully saturated rings. The van der Waals surface area contributed by atoms with Crippen LogP contribution in [0.3, 0.4) is 0 Å². The summed E-state index contributed by atoms with van der Waals surface area (Å²) >= 11 is 0. The Hall–Kier alpha value is -1.92. The fourth-order valence-corrected chi connectivity index (χ4v) is 1.31. The molecule has 0 bridgehead atoms. The Labute approximate surface area is 128 Å². The van der Waals surface area contributed by atoms with Crippen LogP contribution in [0.2, 0.25) is 0 Å². The molecule has 19 heavy (non-hydrogen) atoms. The predicted molar refractivity (Wildman–Crippen MR) is 67.7 cm³/mol. The first-order valence-electron chi connectivity index (χ1n) is 5.44. The molecule has 0 unspecified atom stereocenters. The first-order valence-corrected chi connectivity index (χ1v) is 5.44. The molecule has 0 saturated heterocycles. The van der Waals surface area contributed by atoms with Crippen molar-refractivity contribution in [2.24, 2.45) is 14.1 Å². The van der Waals surface area contributed by atoms with Crippen LogP contribution in [0.25, 0.3) is 0 Å². The molecule has 0 N–H and O–H groups in total. The molecule has 2 nitrogen and oxygen atoms in total. The Morgan fingerprint density at radius 3 is 1.37 bits per heavy atom. The van der Waals surface area contributed by atoms with Gasteiger partial charge >= 0.3 is 20.4 Å². The maximum absolute atomic E-state index is 6.81. The molecule has 0 aromatic carbocycles. The summed E-state index contributed by atoms with van der Waals surface area (Å²) in [6.07, 6.45) is 17.4. The summed E-state index contributed by atoms with van der Waals surface area (Å²) in [7, 11) is 3.77. The van der Waals surface area contributed by atoms with Gasteiger partial charge in [-0.3, -0.25) is 9.13 Å². The van der Waals surface area contributed by atoms with Crippen molar-refractivity contribution >= 4 is 0 Å². The van der Waals surface area contributed by atoms with Gasteiger partial charge in [0, 0.05) is 0 Å². The second kappa shape index (κ2) is 9.07. The van der Waals surface area contributed by atoms with E-state index in [-0.39, 0.29) is 20.4 Å². The van der Waals surface area contributed by atoms with Crippen LogP contribution >= 0.6 is 0 Å². The average Bonchev–Trinajstić information content (AvgIpc) is 2.41. The van der Waals surface area contributed by atoms with Gasteiger partial charge in [-0.2, -0.15) is 0 Å². The average molecular weight is 341 g/mol. The third-order valence-corrected chi connectivity index (χ3v) is 2.37. The van der Waals surface area contributed by atoms with Gasteiger partial charge in [0.05, 0.1) is 0 Å². The number of aryl methyl sites for hydroxylation is 2. The molecule has 0 atom stereocenters. The van der Waals surface area contributed by atoms with Gasteiger partial charge in [0.25, 0.3) is 0 Å². The van der Waals surface area contributed by atoms with Gasteiger partial charge in [0.15, 0.2) is 12.4 Å². The van der Waals surface area contributed by atoms with Gasteiger partial charge in [-0.05, 0) is 12.1 Å². The SMILES string of the molecule is [C-]#Cc1cccc[n+]1C.[C-]#Cc1cccc[n+]1C.[Pd+2]. The summed E-state index contributed by atoms with van der Waals surface area (Å²) in [5, 5.41) is 0. The summed E-state index contributed by atoms with van der Waals surface area (Å²) < 4.78 is 3.68. The maximum Gasteiger partial charge on any atom is 2.00 e. The van der Waals surface area contributed by atoms with E-state index in [0.717, 1.165) is 11.4 Å². The largest absolute Gasteiger partial charge is 2.00 e. The Bertz CT molecular complexity index is 551. The molecule has 0 aliphatic rings. The number of hydrogen-bond donors (Lipinski definition) is 0. The van der Waals surface area contributed by atoms with Crippen molar-refractivity contribution in [3.8, 4) is 11.8 Å². The van der Waals surface area contributed by atoms with Gasteiger partial charge in [-0.15, -0.1) is 0 Å². The van der Waals surface area contributed by atoms with Crippen LogP contribution in [0.1, 0.15) is 11.4 Å². The van der Waals surface area contributed by atoms with Crippen LogP contribution in [0.15, 0.2) is 48.8 Å². The van der Waals surface area contributed by atoms with Crippen molar-refractivity contribution in [3.05, 3.63) is 73.0 Å². The maximum atomic E-state index is 6.81. The zero-order valence-corrected chi connectivity index (χ0v) is 12.4. The monoisotopic (exact) mass is 340 g/mol. The predicted octanol–water partition coefficient (Wildman–Crippen LogP) is 0.895. The standard InChI is InChI=1S/2C8H7N.Pd/c2*1-3-8-6-4-5-7-9(8)2;/h2*4-7H,2H3;/q;;+2. The summed E-state index contributed by atoms with van der Waals surface area (Å²) in [4.78, 5) is 0. The van der Waals surface area contributed by atoms with E-state index in [9.17, 15) is 0 Å². The Morgan fingerprint density at radius 2 is 1.16 bits per heavy atom. The van der Waals surface area contributed by atoms with E-state index in [4.69, 9.17) is 12.8 Å². The Morgan fingerprint density at radius 1 is 0.789 bits per heavy atom. The Kier molecular flexibility index (Phi) is 8.16. The molecule has 0 aliphatic carbocycles. The van der Waals surface area contributed by atoms with E-state index in [2.05, 4.69) is 11.8 Å². The fourth-order valence-electron chi connectivity index (χ4n) is 1.31.